The molecule has 0 N–H and O–H groups in total. The Hall–Kier alpha value is -3.80. The van der Waals surface area contributed by atoms with E-state index in [1.807, 2.05) is 48.5 Å². The molecule has 150 valence electrons. The fourth-order valence-electron chi connectivity index (χ4n) is 3.67. The number of hydrogen-bond acceptors (Lipinski definition) is 6. The lowest BCUT2D eigenvalue weighted by Gasteiger charge is -2.19. The fourth-order valence-corrected chi connectivity index (χ4v) is 3.67. The van der Waals surface area contributed by atoms with E-state index in [9.17, 15) is 0 Å². The SMILES string of the molecule is COc1ccc(-c2ccc3ncnc(-c4ccc5c(c4)OCCO5)c3c2)cc1OC. The van der Waals surface area contributed by atoms with Gasteiger partial charge in [0, 0.05) is 10.9 Å². The van der Waals surface area contributed by atoms with Crippen molar-refractivity contribution < 1.29 is 18.9 Å². The van der Waals surface area contributed by atoms with Crippen LogP contribution in [0.25, 0.3) is 33.3 Å². The number of nitrogens with zero attached hydrogens (tertiary/aromatic N) is 2. The van der Waals surface area contributed by atoms with Crippen molar-refractivity contribution in [1.29, 1.82) is 0 Å². The van der Waals surface area contributed by atoms with Crippen molar-refractivity contribution in [2.24, 2.45) is 0 Å². The molecule has 2 heterocycles. The lowest BCUT2D eigenvalue weighted by atomic mass is 10.00. The molecule has 4 aromatic rings. The number of rotatable bonds is 4. The zero-order chi connectivity index (χ0) is 20.5. The maximum atomic E-state index is 5.74. The fraction of sp³-hybridized carbons (Fsp3) is 0.167. The van der Waals surface area contributed by atoms with E-state index in [4.69, 9.17) is 18.9 Å². The van der Waals surface area contributed by atoms with Gasteiger partial charge in [-0.15, -0.1) is 0 Å². The smallest absolute Gasteiger partial charge is 0.162 e. The van der Waals surface area contributed by atoms with E-state index in [2.05, 4.69) is 16.0 Å². The predicted molar refractivity (Wildman–Crippen MR) is 115 cm³/mol. The number of fused-ring (bicyclic) bond motifs is 2. The van der Waals surface area contributed by atoms with Crippen molar-refractivity contribution in [2.75, 3.05) is 27.4 Å². The van der Waals surface area contributed by atoms with E-state index < -0.39 is 0 Å². The summed E-state index contributed by atoms with van der Waals surface area (Å²) in [5, 5.41) is 0.960. The number of hydrogen-bond donors (Lipinski definition) is 0. The second-order valence-electron chi connectivity index (χ2n) is 6.88. The van der Waals surface area contributed by atoms with Gasteiger partial charge in [-0.1, -0.05) is 12.1 Å². The van der Waals surface area contributed by atoms with Gasteiger partial charge >= 0.3 is 0 Å². The zero-order valence-electron chi connectivity index (χ0n) is 16.7. The molecule has 1 aliphatic rings. The first-order chi connectivity index (χ1) is 14.8. The maximum absolute atomic E-state index is 5.74. The molecule has 0 saturated carbocycles. The minimum absolute atomic E-state index is 0.546. The molecule has 1 aromatic heterocycles. The minimum Gasteiger partial charge on any atom is -0.493 e. The van der Waals surface area contributed by atoms with Crippen LogP contribution in [0.2, 0.25) is 0 Å². The average molecular weight is 400 g/mol. The Kier molecular flexibility index (Phi) is 4.59. The van der Waals surface area contributed by atoms with Crippen LogP contribution in [0.15, 0.2) is 60.9 Å². The quantitative estimate of drug-likeness (QED) is 0.493. The minimum atomic E-state index is 0.546. The van der Waals surface area contributed by atoms with E-state index >= 15 is 0 Å². The van der Waals surface area contributed by atoms with Gasteiger partial charge in [0.15, 0.2) is 23.0 Å². The van der Waals surface area contributed by atoms with Gasteiger partial charge in [0.25, 0.3) is 0 Å². The van der Waals surface area contributed by atoms with E-state index in [-0.39, 0.29) is 0 Å². The molecule has 6 heteroatoms. The highest BCUT2D eigenvalue weighted by Gasteiger charge is 2.15. The first kappa shape index (κ1) is 18.2. The molecule has 0 atom stereocenters. The van der Waals surface area contributed by atoms with E-state index in [1.54, 1.807) is 20.5 Å². The van der Waals surface area contributed by atoms with Crippen LogP contribution in [-0.2, 0) is 0 Å². The summed E-state index contributed by atoms with van der Waals surface area (Å²) >= 11 is 0. The molecule has 0 amide bonds. The van der Waals surface area contributed by atoms with Crippen LogP contribution < -0.4 is 18.9 Å². The molecule has 30 heavy (non-hydrogen) atoms. The summed E-state index contributed by atoms with van der Waals surface area (Å²) in [6, 6.07) is 17.9. The molecule has 0 aliphatic carbocycles. The van der Waals surface area contributed by atoms with Crippen molar-refractivity contribution in [3.05, 3.63) is 60.9 Å². The maximum Gasteiger partial charge on any atom is 0.162 e. The molecule has 0 unspecified atom stereocenters. The topological polar surface area (TPSA) is 62.7 Å². The lowest BCUT2D eigenvalue weighted by molar-refractivity contribution is 0.171. The Morgan fingerprint density at radius 1 is 0.700 bits per heavy atom. The molecule has 0 radical (unpaired) electrons. The Bertz CT molecular complexity index is 1240. The van der Waals surface area contributed by atoms with Crippen LogP contribution in [0.1, 0.15) is 0 Å². The molecule has 0 saturated heterocycles. The third-order valence-corrected chi connectivity index (χ3v) is 5.17. The molecular formula is C24H20N2O4. The summed E-state index contributed by atoms with van der Waals surface area (Å²) in [4.78, 5) is 9.01. The van der Waals surface area contributed by atoms with E-state index in [0.717, 1.165) is 44.8 Å². The van der Waals surface area contributed by atoms with Gasteiger partial charge in [-0.25, -0.2) is 9.97 Å². The summed E-state index contributed by atoms with van der Waals surface area (Å²) < 4.78 is 22.2. The third-order valence-electron chi connectivity index (χ3n) is 5.17. The molecule has 6 nitrogen and oxygen atoms in total. The van der Waals surface area contributed by atoms with Gasteiger partial charge in [-0.05, 0) is 53.6 Å². The van der Waals surface area contributed by atoms with Gasteiger partial charge in [-0.2, -0.15) is 0 Å². The largest absolute Gasteiger partial charge is 0.493 e. The second-order valence-corrected chi connectivity index (χ2v) is 6.88. The van der Waals surface area contributed by atoms with Gasteiger partial charge in [0.05, 0.1) is 25.4 Å². The van der Waals surface area contributed by atoms with Crippen LogP contribution in [0.4, 0.5) is 0 Å². The van der Waals surface area contributed by atoms with Crippen LogP contribution in [0, 0.1) is 0 Å². The number of aromatic nitrogens is 2. The average Bonchev–Trinajstić information content (AvgIpc) is 2.82. The summed E-state index contributed by atoms with van der Waals surface area (Å²) in [5.74, 6) is 2.88. The number of benzene rings is 3. The lowest BCUT2D eigenvalue weighted by Crippen LogP contribution is -2.15. The van der Waals surface area contributed by atoms with Gasteiger partial charge in [0.2, 0.25) is 0 Å². The highest BCUT2D eigenvalue weighted by molar-refractivity contribution is 5.95. The summed E-state index contributed by atoms with van der Waals surface area (Å²) in [6.45, 7) is 1.11. The molecule has 0 bridgehead atoms. The molecule has 1 aliphatic heterocycles. The number of ether oxygens (including phenoxy) is 4. The highest BCUT2D eigenvalue weighted by Crippen LogP contribution is 2.37. The van der Waals surface area contributed by atoms with Crippen LogP contribution >= 0.6 is 0 Å². The normalized spacial score (nSPS) is 12.6. The molecular weight excluding hydrogens is 380 g/mol. The summed E-state index contributed by atoms with van der Waals surface area (Å²) in [6.07, 6.45) is 1.59. The van der Waals surface area contributed by atoms with Crippen LogP contribution in [0.3, 0.4) is 0 Å². The molecule has 0 spiro atoms. The van der Waals surface area contributed by atoms with Crippen molar-refractivity contribution in [2.45, 2.75) is 0 Å². The van der Waals surface area contributed by atoms with Gasteiger partial charge < -0.3 is 18.9 Å². The molecule has 3 aromatic carbocycles. The first-order valence-corrected chi connectivity index (χ1v) is 9.64. The summed E-state index contributed by atoms with van der Waals surface area (Å²) in [7, 11) is 3.26. The van der Waals surface area contributed by atoms with Crippen molar-refractivity contribution in [3.8, 4) is 45.4 Å². The standard InChI is InChI=1S/C24H20N2O4/c1-27-20-7-4-16(12-22(20)28-2)15-3-6-19-18(11-15)24(26-14-25-19)17-5-8-21-23(13-17)30-10-9-29-21/h3-8,11-14H,9-10H2,1-2H3. The highest BCUT2D eigenvalue weighted by atomic mass is 16.6. The van der Waals surface area contributed by atoms with Crippen molar-refractivity contribution >= 4 is 10.9 Å². The Morgan fingerprint density at radius 3 is 2.27 bits per heavy atom. The monoisotopic (exact) mass is 400 g/mol. The summed E-state index contributed by atoms with van der Waals surface area (Å²) in [5.41, 5.74) is 4.73. The Balaban J connectivity index is 1.63. The Morgan fingerprint density at radius 2 is 1.43 bits per heavy atom. The van der Waals surface area contributed by atoms with Crippen LogP contribution in [0.5, 0.6) is 23.0 Å². The molecule has 0 fully saturated rings. The first-order valence-electron chi connectivity index (χ1n) is 9.64. The predicted octanol–water partition coefficient (Wildman–Crippen LogP) is 4.75. The number of methoxy groups -OCH3 is 2. The molecule has 5 rings (SSSR count). The van der Waals surface area contributed by atoms with Gasteiger partial charge in [-0.3, -0.25) is 0 Å². The van der Waals surface area contributed by atoms with Crippen molar-refractivity contribution in [1.82, 2.24) is 9.97 Å². The van der Waals surface area contributed by atoms with Gasteiger partial charge in [0.1, 0.15) is 19.5 Å². The van der Waals surface area contributed by atoms with E-state index in [1.165, 1.54) is 0 Å². The third kappa shape index (κ3) is 3.16. The van der Waals surface area contributed by atoms with Crippen LogP contribution in [-0.4, -0.2) is 37.4 Å². The van der Waals surface area contributed by atoms with E-state index in [0.29, 0.717) is 24.7 Å². The zero-order valence-corrected chi connectivity index (χ0v) is 16.7. The second kappa shape index (κ2) is 7.55. The van der Waals surface area contributed by atoms with Crippen molar-refractivity contribution in [3.63, 3.8) is 0 Å². The Labute approximate surface area is 174 Å².